The number of likely N-dealkylation sites (N-methyl/N-ethyl adjacent to an activating group) is 1. The Morgan fingerprint density at radius 2 is 1.73 bits per heavy atom. The number of hydrogen-bond donors (Lipinski definition) is 1. The molecule has 0 saturated carbocycles. The van der Waals surface area contributed by atoms with Crippen LogP contribution in [0.1, 0.15) is 17.2 Å². The van der Waals surface area contributed by atoms with Gasteiger partial charge in [0.25, 0.3) is 0 Å². The standard InChI is InChI=1S/C19H23NO2/c1-20(2)14-13-18(15-9-11-17(22-3)12-10-15)19(21)16-7-5-4-6-8-16/h4-13,19,21H,14H2,1-3H3. The van der Waals surface area contributed by atoms with E-state index in [2.05, 4.69) is 11.0 Å². The van der Waals surface area contributed by atoms with Crippen molar-refractivity contribution in [2.24, 2.45) is 0 Å². The molecule has 1 unspecified atom stereocenters. The largest absolute Gasteiger partial charge is 0.497 e. The zero-order valence-corrected chi connectivity index (χ0v) is 13.4. The zero-order chi connectivity index (χ0) is 15.9. The summed E-state index contributed by atoms with van der Waals surface area (Å²) < 4.78 is 5.20. The van der Waals surface area contributed by atoms with Crippen molar-refractivity contribution >= 4 is 5.57 Å². The summed E-state index contributed by atoms with van der Waals surface area (Å²) >= 11 is 0. The molecular formula is C19H23NO2. The number of benzene rings is 2. The lowest BCUT2D eigenvalue weighted by Crippen LogP contribution is -2.12. The van der Waals surface area contributed by atoms with E-state index in [1.807, 2.05) is 68.7 Å². The lowest BCUT2D eigenvalue weighted by atomic mass is 9.94. The molecule has 116 valence electrons. The Labute approximate surface area is 132 Å². The van der Waals surface area contributed by atoms with Crippen molar-refractivity contribution < 1.29 is 9.84 Å². The van der Waals surface area contributed by atoms with E-state index in [1.54, 1.807) is 7.11 Å². The zero-order valence-electron chi connectivity index (χ0n) is 13.4. The van der Waals surface area contributed by atoms with Crippen LogP contribution in [0.5, 0.6) is 5.75 Å². The Balaban J connectivity index is 2.35. The third kappa shape index (κ3) is 4.20. The first-order chi connectivity index (χ1) is 10.6. The number of rotatable bonds is 6. The van der Waals surface area contributed by atoms with Crippen LogP contribution < -0.4 is 4.74 Å². The molecule has 2 rings (SSSR count). The Bertz CT molecular complexity index is 603. The van der Waals surface area contributed by atoms with Crippen LogP contribution in [0.25, 0.3) is 5.57 Å². The molecule has 1 atom stereocenters. The molecule has 0 fully saturated rings. The van der Waals surface area contributed by atoms with E-state index in [0.717, 1.165) is 29.0 Å². The molecule has 3 nitrogen and oxygen atoms in total. The van der Waals surface area contributed by atoms with Crippen LogP contribution in [0, 0.1) is 0 Å². The highest BCUT2D eigenvalue weighted by atomic mass is 16.5. The molecule has 0 aliphatic rings. The summed E-state index contributed by atoms with van der Waals surface area (Å²) in [6, 6.07) is 17.5. The van der Waals surface area contributed by atoms with Gasteiger partial charge in [-0.15, -0.1) is 0 Å². The predicted molar refractivity (Wildman–Crippen MR) is 90.9 cm³/mol. The minimum absolute atomic E-state index is 0.644. The van der Waals surface area contributed by atoms with E-state index in [4.69, 9.17) is 4.74 Å². The van der Waals surface area contributed by atoms with Gasteiger partial charge in [-0.3, -0.25) is 0 Å². The Hall–Kier alpha value is -2.10. The van der Waals surface area contributed by atoms with Crippen molar-refractivity contribution in [3.63, 3.8) is 0 Å². The van der Waals surface area contributed by atoms with Crippen molar-refractivity contribution in [1.29, 1.82) is 0 Å². The van der Waals surface area contributed by atoms with Crippen molar-refractivity contribution in [3.8, 4) is 5.75 Å². The van der Waals surface area contributed by atoms with Crippen LogP contribution in [0.3, 0.4) is 0 Å². The van der Waals surface area contributed by atoms with Crippen LogP contribution in [0.2, 0.25) is 0 Å². The highest BCUT2D eigenvalue weighted by Gasteiger charge is 2.15. The van der Waals surface area contributed by atoms with E-state index in [0.29, 0.717) is 0 Å². The Morgan fingerprint density at radius 3 is 2.27 bits per heavy atom. The Morgan fingerprint density at radius 1 is 1.09 bits per heavy atom. The summed E-state index contributed by atoms with van der Waals surface area (Å²) in [5.74, 6) is 0.810. The number of aliphatic hydroxyl groups is 1. The van der Waals surface area contributed by atoms with Gasteiger partial charge in [0.05, 0.1) is 7.11 Å². The van der Waals surface area contributed by atoms with E-state index in [-0.39, 0.29) is 0 Å². The number of aliphatic hydroxyl groups excluding tert-OH is 1. The van der Waals surface area contributed by atoms with E-state index in [1.165, 1.54) is 0 Å². The molecule has 0 bridgehead atoms. The fraction of sp³-hybridized carbons (Fsp3) is 0.263. The van der Waals surface area contributed by atoms with Gasteiger partial charge in [0.1, 0.15) is 11.9 Å². The van der Waals surface area contributed by atoms with Crippen LogP contribution in [-0.2, 0) is 0 Å². The van der Waals surface area contributed by atoms with Gasteiger partial charge in [0.15, 0.2) is 0 Å². The number of methoxy groups -OCH3 is 1. The molecule has 2 aromatic rings. The second kappa shape index (κ2) is 7.78. The van der Waals surface area contributed by atoms with Crippen LogP contribution in [-0.4, -0.2) is 37.8 Å². The van der Waals surface area contributed by atoms with Gasteiger partial charge in [-0.25, -0.2) is 0 Å². The molecule has 2 aromatic carbocycles. The van der Waals surface area contributed by atoms with Crippen molar-refractivity contribution in [1.82, 2.24) is 4.90 Å². The number of hydrogen-bond acceptors (Lipinski definition) is 3. The van der Waals surface area contributed by atoms with Gasteiger partial charge in [0.2, 0.25) is 0 Å². The molecule has 1 N–H and O–H groups in total. The summed E-state index contributed by atoms with van der Waals surface area (Å²) in [5, 5.41) is 10.8. The predicted octanol–water partition coefficient (Wildman–Crippen LogP) is 3.37. The molecular weight excluding hydrogens is 274 g/mol. The van der Waals surface area contributed by atoms with Crippen LogP contribution >= 0.6 is 0 Å². The number of nitrogens with zero attached hydrogens (tertiary/aromatic N) is 1. The topological polar surface area (TPSA) is 32.7 Å². The minimum atomic E-state index is -0.644. The summed E-state index contributed by atoms with van der Waals surface area (Å²) in [6.45, 7) is 0.769. The fourth-order valence-corrected chi connectivity index (χ4v) is 2.27. The van der Waals surface area contributed by atoms with E-state index >= 15 is 0 Å². The molecule has 3 heteroatoms. The van der Waals surface area contributed by atoms with Gasteiger partial charge < -0.3 is 14.7 Å². The molecule has 0 aliphatic heterocycles. The second-order valence-corrected chi connectivity index (χ2v) is 5.46. The second-order valence-electron chi connectivity index (χ2n) is 5.46. The smallest absolute Gasteiger partial charge is 0.118 e. The third-order valence-electron chi connectivity index (χ3n) is 3.51. The summed E-state index contributed by atoms with van der Waals surface area (Å²) in [5.41, 5.74) is 2.80. The van der Waals surface area contributed by atoms with Gasteiger partial charge in [-0.05, 0) is 42.9 Å². The summed E-state index contributed by atoms with van der Waals surface area (Å²) in [6.07, 6.45) is 1.42. The minimum Gasteiger partial charge on any atom is -0.497 e. The number of ether oxygens (including phenoxy) is 1. The molecule has 22 heavy (non-hydrogen) atoms. The van der Waals surface area contributed by atoms with Crippen LogP contribution in [0.15, 0.2) is 60.7 Å². The normalized spacial score (nSPS) is 13.2. The molecule has 0 spiro atoms. The molecule has 0 amide bonds. The first-order valence-corrected chi connectivity index (χ1v) is 7.34. The summed E-state index contributed by atoms with van der Waals surface area (Å²) in [7, 11) is 5.67. The maximum Gasteiger partial charge on any atom is 0.118 e. The van der Waals surface area contributed by atoms with Crippen molar-refractivity contribution in [2.75, 3.05) is 27.7 Å². The molecule has 0 aliphatic carbocycles. The van der Waals surface area contributed by atoms with Crippen LogP contribution in [0.4, 0.5) is 0 Å². The fourth-order valence-electron chi connectivity index (χ4n) is 2.27. The van der Waals surface area contributed by atoms with Gasteiger partial charge >= 0.3 is 0 Å². The van der Waals surface area contributed by atoms with Gasteiger partial charge in [-0.2, -0.15) is 0 Å². The van der Waals surface area contributed by atoms with Gasteiger partial charge in [0, 0.05) is 6.54 Å². The SMILES string of the molecule is COc1ccc(C(=CCN(C)C)C(O)c2ccccc2)cc1. The molecule has 0 aromatic heterocycles. The highest BCUT2D eigenvalue weighted by Crippen LogP contribution is 2.30. The first kappa shape index (κ1) is 16.3. The summed E-state index contributed by atoms with van der Waals surface area (Å²) in [4.78, 5) is 2.07. The van der Waals surface area contributed by atoms with Gasteiger partial charge in [-0.1, -0.05) is 48.5 Å². The highest BCUT2D eigenvalue weighted by molar-refractivity contribution is 5.70. The monoisotopic (exact) mass is 297 g/mol. The lowest BCUT2D eigenvalue weighted by Gasteiger charge is -2.18. The first-order valence-electron chi connectivity index (χ1n) is 7.34. The maximum absolute atomic E-state index is 10.8. The van der Waals surface area contributed by atoms with E-state index < -0.39 is 6.10 Å². The third-order valence-corrected chi connectivity index (χ3v) is 3.51. The average Bonchev–Trinajstić information content (AvgIpc) is 2.56. The maximum atomic E-state index is 10.8. The van der Waals surface area contributed by atoms with E-state index in [9.17, 15) is 5.11 Å². The quantitative estimate of drug-likeness (QED) is 0.887. The lowest BCUT2D eigenvalue weighted by molar-refractivity contribution is 0.237. The van der Waals surface area contributed by atoms with Crippen molar-refractivity contribution in [2.45, 2.75) is 6.10 Å². The molecule has 0 heterocycles. The van der Waals surface area contributed by atoms with Crippen molar-refractivity contribution in [3.05, 3.63) is 71.8 Å². The molecule has 0 radical (unpaired) electrons. The Kier molecular flexibility index (Phi) is 5.75. The molecule has 0 saturated heterocycles. The average molecular weight is 297 g/mol.